The fraction of sp³-hybridized carbons (Fsp3) is 0.368. The highest BCUT2D eigenvalue weighted by Gasteiger charge is 2.31. The van der Waals surface area contributed by atoms with Gasteiger partial charge in [0.2, 0.25) is 0 Å². The van der Waals surface area contributed by atoms with E-state index in [1.54, 1.807) is 37.4 Å². The van der Waals surface area contributed by atoms with Crippen LogP contribution in [0.5, 0.6) is 0 Å². The Morgan fingerprint density at radius 3 is 2.76 bits per heavy atom. The Balaban J connectivity index is 1.71. The molecule has 0 radical (unpaired) electrons. The lowest BCUT2D eigenvalue weighted by atomic mass is 10.1. The van der Waals surface area contributed by atoms with Crippen molar-refractivity contribution in [3.8, 4) is 0 Å². The van der Waals surface area contributed by atoms with Crippen LogP contribution in [-0.4, -0.2) is 41.5 Å². The molecule has 1 aliphatic rings. The molecular formula is C19H22N2O4. The molecule has 0 saturated heterocycles. The zero-order chi connectivity index (χ0) is 18.0. The van der Waals surface area contributed by atoms with Crippen LogP contribution in [0.25, 0.3) is 0 Å². The second kappa shape index (κ2) is 7.11. The van der Waals surface area contributed by atoms with Crippen molar-refractivity contribution in [2.24, 2.45) is 5.92 Å². The largest absolute Gasteiger partial charge is 0.459 e. The molecule has 0 spiro atoms. The highest BCUT2D eigenvalue weighted by Crippen LogP contribution is 2.32. The molecule has 132 valence electrons. The summed E-state index contributed by atoms with van der Waals surface area (Å²) in [6, 6.07) is 8.38. The SMILES string of the molecule is Cc1ccc(C(=O)N(C)CC(O)C2CC2)cc1NC(=O)c1ccco1. The van der Waals surface area contributed by atoms with E-state index in [2.05, 4.69) is 5.32 Å². The first kappa shape index (κ1) is 17.2. The number of furan rings is 1. The van der Waals surface area contributed by atoms with Gasteiger partial charge in [0.25, 0.3) is 11.8 Å². The third-order valence-electron chi connectivity index (χ3n) is 4.45. The number of rotatable bonds is 6. The van der Waals surface area contributed by atoms with Crippen LogP contribution in [-0.2, 0) is 0 Å². The molecule has 6 nitrogen and oxygen atoms in total. The third kappa shape index (κ3) is 4.09. The average Bonchev–Trinajstić information content (AvgIpc) is 3.30. The predicted molar refractivity (Wildman–Crippen MR) is 93.5 cm³/mol. The number of nitrogens with one attached hydrogen (secondary N) is 1. The summed E-state index contributed by atoms with van der Waals surface area (Å²) in [4.78, 5) is 26.2. The lowest BCUT2D eigenvalue weighted by Gasteiger charge is -2.21. The van der Waals surface area contributed by atoms with Gasteiger partial charge in [-0.05, 0) is 55.5 Å². The molecule has 2 N–H and O–H groups in total. The molecule has 1 atom stereocenters. The van der Waals surface area contributed by atoms with Gasteiger partial charge < -0.3 is 19.7 Å². The van der Waals surface area contributed by atoms with Crippen LogP contribution in [0.2, 0.25) is 0 Å². The summed E-state index contributed by atoms with van der Waals surface area (Å²) in [7, 11) is 1.68. The Kier molecular flexibility index (Phi) is 4.90. The van der Waals surface area contributed by atoms with Crippen molar-refractivity contribution in [2.45, 2.75) is 25.9 Å². The normalized spacial score (nSPS) is 14.8. The topological polar surface area (TPSA) is 82.8 Å². The first-order valence-corrected chi connectivity index (χ1v) is 8.34. The minimum absolute atomic E-state index is 0.187. The van der Waals surface area contributed by atoms with Crippen LogP contribution in [0.15, 0.2) is 41.0 Å². The maximum atomic E-state index is 12.6. The van der Waals surface area contributed by atoms with E-state index >= 15 is 0 Å². The first-order chi connectivity index (χ1) is 12.0. The van der Waals surface area contributed by atoms with E-state index in [0.29, 0.717) is 23.7 Å². The molecule has 2 aromatic rings. The van der Waals surface area contributed by atoms with Crippen LogP contribution in [0.4, 0.5) is 5.69 Å². The van der Waals surface area contributed by atoms with Gasteiger partial charge in [0.05, 0.1) is 12.4 Å². The number of aliphatic hydroxyl groups excluding tert-OH is 1. The van der Waals surface area contributed by atoms with Crippen molar-refractivity contribution >= 4 is 17.5 Å². The predicted octanol–water partition coefficient (Wildman–Crippen LogP) is 2.68. The van der Waals surface area contributed by atoms with Gasteiger partial charge in [0.1, 0.15) is 0 Å². The number of likely N-dealkylation sites (N-methyl/N-ethyl adjacent to an activating group) is 1. The van der Waals surface area contributed by atoms with Crippen molar-refractivity contribution in [2.75, 3.05) is 18.9 Å². The first-order valence-electron chi connectivity index (χ1n) is 8.34. The number of benzene rings is 1. The summed E-state index contributed by atoms with van der Waals surface area (Å²) in [5.41, 5.74) is 1.87. The molecule has 1 saturated carbocycles. The van der Waals surface area contributed by atoms with Gasteiger partial charge in [-0.3, -0.25) is 9.59 Å². The van der Waals surface area contributed by atoms with E-state index in [-0.39, 0.29) is 17.6 Å². The van der Waals surface area contributed by atoms with E-state index in [1.807, 2.05) is 6.92 Å². The van der Waals surface area contributed by atoms with Crippen molar-refractivity contribution in [3.63, 3.8) is 0 Å². The highest BCUT2D eigenvalue weighted by molar-refractivity contribution is 6.03. The van der Waals surface area contributed by atoms with Crippen molar-refractivity contribution in [1.82, 2.24) is 4.90 Å². The number of aryl methyl sites for hydroxylation is 1. The lowest BCUT2D eigenvalue weighted by Crippen LogP contribution is -2.35. The molecule has 1 aliphatic carbocycles. The minimum Gasteiger partial charge on any atom is -0.459 e. The Hall–Kier alpha value is -2.60. The minimum atomic E-state index is -0.475. The maximum absolute atomic E-state index is 12.6. The number of nitrogens with zero attached hydrogens (tertiary/aromatic N) is 1. The van der Waals surface area contributed by atoms with Crippen LogP contribution in [0.3, 0.4) is 0 Å². The van der Waals surface area contributed by atoms with Crippen molar-refractivity contribution in [1.29, 1.82) is 0 Å². The van der Waals surface area contributed by atoms with Crippen LogP contribution in [0, 0.1) is 12.8 Å². The van der Waals surface area contributed by atoms with Crippen LogP contribution >= 0.6 is 0 Å². The van der Waals surface area contributed by atoms with Gasteiger partial charge in [-0.15, -0.1) is 0 Å². The smallest absolute Gasteiger partial charge is 0.291 e. The monoisotopic (exact) mass is 342 g/mol. The van der Waals surface area contributed by atoms with Crippen molar-refractivity contribution < 1.29 is 19.1 Å². The van der Waals surface area contributed by atoms with E-state index < -0.39 is 6.10 Å². The summed E-state index contributed by atoms with van der Waals surface area (Å²) in [5, 5.41) is 12.8. The molecule has 6 heteroatoms. The Morgan fingerprint density at radius 2 is 2.12 bits per heavy atom. The van der Waals surface area contributed by atoms with E-state index in [9.17, 15) is 14.7 Å². The second-order valence-electron chi connectivity index (χ2n) is 6.55. The summed E-state index contributed by atoms with van der Waals surface area (Å²) in [5.74, 6) is -0.0272. The maximum Gasteiger partial charge on any atom is 0.291 e. The highest BCUT2D eigenvalue weighted by atomic mass is 16.3. The molecule has 1 heterocycles. The van der Waals surface area contributed by atoms with E-state index in [4.69, 9.17) is 4.42 Å². The summed E-state index contributed by atoms with van der Waals surface area (Å²) in [6.07, 6.45) is 3.01. The number of anilines is 1. The summed E-state index contributed by atoms with van der Waals surface area (Å²) in [6.45, 7) is 2.16. The van der Waals surface area contributed by atoms with E-state index in [0.717, 1.165) is 18.4 Å². The molecule has 3 rings (SSSR count). The molecule has 1 fully saturated rings. The molecule has 2 amide bonds. The Labute approximate surface area is 146 Å². The zero-order valence-corrected chi connectivity index (χ0v) is 14.4. The average molecular weight is 342 g/mol. The van der Waals surface area contributed by atoms with Crippen molar-refractivity contribution in [3.05, 3.63) is 53.5 Å². The molecule has 0 aliphatic heterocycles. The Morgan fingerprint density at radius 1 is 1.36 bits per heavy atom. The molecule has 25 heavy (non-hydrogen) atoms. The Bertz CT molecular complexity index is 766. The fourth-order valence-corrected chi connectivity index (χ4v) is 2.70. The molecule has 1 aromatic carbocycles. The summed E-state index contributed by atoms with van der Waals surface area (Å²) >= 11 is 0. The molecule has 0 bridgehead atoms. The van der Waals surface area contributed by atoms with Crippen LogP contribution < -0.4 is 5.32 Å². The van der Waals surface area contributed by atoms with Crippen LogP contribution in [0.1, 0.15) is 39.3 Å². The molecule has 1 unspecified atom stereocenters. The quantitative estimate of drug-likeness (QED) is 0.845. The molecular weight excluding hydrogens is 320 g/mol. The summed E-state index contributed by atoms with van der Waals surface area (Å²) < 4.78 is 5.08. The van der Waals surface area contributed by atoms with Gasteiger partial charge in [-0.2, -0.15) is 0 Å². The second-order valence-corrected chi connectivity index (χ2v) is 6.55. The molecule has 1 aromatic heterocycles. The third-order valence-corrected chi connectivity index (χ3v) is 4.45. The number of carbonyl (C=O) groups excluding carboxylic acids is 2. The fourth-order valence-electron chi connectivity index (χ4n) is 2.70. The number of amides is 2. The van der Waals surface area contributed by atoms with Gasteiger partial charge >= 0.3 is 0 Å². The van der Waals surface area contributed by atoms with Gasteiger partial charge in [-0.25, -0.2) is 0 Å². The standard InChI is InChI=1S/C19H22N2O4/c1-12-5-6-14(19(24)21(2)11-16(22)13-7-8-13)10-15(12)20-18(23)17-4-3-9-25-17/h3-6,9-10,13,16,22H,7-8,11H2,1-2H3,(H,20,23). The zero-order valence-electron chi connectivity index (χ0n) is 14.4. The van der Waals surface area contributed by atoms with Gasteiger partial charge in [0.15, 0.2) is 5.76 Å². The number of hydrogen-bond donors (Lipinski definition) is 2. The number of carbonyl (C=O) groups is 2. The lowest BCUT2D eigenvalue weighted by molar-refractivity contribution is 0.0645. The van der Waals surface area contributed by atoms with E-state index in [1.165, 1.54) is 11.2 Å². The number of hydrogen-bond acceptors (Lipinski definition) is 4. The van der Waals surface area contributed by atoms with Gasteiger partial charge in [-0.1, -0.05) is 6.07 Å². The van der Waals surface area contributed by atoms with Gasteiger partial charge in [0, 0.05) is 24.8 Å². The number of aliphatic hydroxyl groups is 1.